The SMILES string of the molecule is CC(=O)OC(Oc1ccccc1)N1C(=O)CN(C(C)C(C)N2CC(=O)N(C(OC(C)=O)Oc3ccccc3)C(=O)C2)CC1=O. The van der Waals surface area contributed by atoms with Crippen molar-refractivity contribution in [2.45, 2.75) is 52.6 Å². The lowest BCUT2D eigenvalue weighted by atomic mass is 10.1. The minimum Gasteiger partial charge on any atom is -0.437 e. The molecule has 2 aromatic carbocycles. The number of carbonyl (C=O) groups excluding carboxylic acids is 6. The average molecular weight is 611 g/mol. The smallest absolute Gasteiger partial charge is 0.338 e. The van der Waals surface area contributed by atoms with Gasteiger partial charge in [0, 0.05) is 25.9 Å². The van der Waals surface area contributed by atoms with Gasteiger partial charge in [-0.3, -0.25) is 38.6 Å². The van der Waals surface area contributed by atoms with E-state index in [0.29, 0.717) is 11.5 Å². The Labute approximate surface area is 254 Å². The Morgan fingerprint density at radius 1 is 0.568 bits per heavy atom. The molecule has 14 nitrogen and oxygen atoms in total. The Balaban J connectivity index is 1.42. The van der Waals surface area contributed by atoms with Crippen LogP contribution in [0.2, 0.25) is 0 Å². The number of esters is 2. The van der Waals surface area contributed by atoms with Crippen LogP contribution in [0.3, 0.4) is 0 Å². The number of piperazine rings is 2. The van der Waals surface area contributed by atoms with E-state index in [-0.39, 0.29) is 26.2 Å². The molecule has 44 heavy (non-hydrogen) atoms. The summed E-state index contributed by atoms with van der Waals surface area (Å²) < 4.78 is 21.6. The molecule has 0 aromatic heterocycles. The van der Waals surface area contributed by atoms with E-state index in [2.05, 4.69) is 0 Å². The van der Waals surface area contributed by atoms with E-state index in [1.54, 1.807) is 84.3 Å². The van der Waals surface area contributed by atoms with E-state index < -0.39 is 60.5 Å². The molecular formula is C30H34N4O10. The lowest BCUT2D eigenvalue weighted by Crippen LogP contribution is -2.65. The number of hydrogen-bond acceptors (Lipinski definition) is 12. The highest BCUT2D eigenvalue weighted by atomic mass is 16.7. The third-order valence-corrected chi connectivity index (χ3v) is 7.19. The summed E-state index contributed by atoms with van der Waals surface area (Å²) in [4.78, 5) is 81.1. The lowest BCUT2D eigenvalue weighted by molar-refractivity contribution is -0.206. The van der Waals surface area contributed by atoms with Gasteiger partial charge in [-0.25, -0.2) is 9.80 Å². The number of carbonyl (C=O) groups is 6. The van der Waals surface area contributed by atoms with Gasteiger partial charge < -0.3 is 18.9 Å². The Hall–Kier alpha value is -4.82. The molecule has 2 aliphatic rings. The van der Waals surface area contributed by atoms with Gasteiger partial charge in [0.15, 0.2) is 0 Å². The number of imide groups is 2. The van der Waals surface area contributed by atoms with Crippen LogP contribution >= 0.6 is 0 Å². The fourth-order valence-electron chi connectivity index (χ4n) is 4.82. The molecule has 0 radical (unpaired) electrons. The first-order chi connectivity index (χ1) is 20.9. The van der Waals surface area contributed by atoms with Crippen LogP contribution in [0.5, 0.6) is 11.5 Å². The molecule has 2 saturated heterocycles. The molecule has 2 aromatic rings. The van der Waals surface area contributed by atoms with Gasteiger partial charge in [-0.2, -0.15) is 0 Å². The molecule has 4 rings (SSSR count). The summed E-state index contributed by atoms with van der Waals surface area (Å²) in [6, 6.07) is 15.7. The molecule has 2 fully saturated rings. The summed E-state index contributed by atoms with van der Waals surface area (Å²) in [5.74, 6) is -3.50. The molecular weight excluding hydrogens is 576 g/mol. The fourth-order valence-corrected chi connectivity index (χ4v) is 4.82. The van der Waals surface area contributed by atoms with E-state index in [1.807, 2.05) is 0 Å². The van der Waals surface area contributed by atoms with Crippen LogP contribution < -0.4 is 9.47 Å². The molecule has 4 unspecified atom stereocenters. The standard InChI is InChI=1S/C30H34N4O10/c1-19(31-15-25(37)33(26(38)16-31)29(41-21(3)35)43-23-11-7-5-8-12-23)20(2)32-17-27(39)34(28(40)18-32)30(42-22(4)36)44-24-13-9-6-10-14-24/h5-14,19-20,29-30H,15-18H2,1-4H3. The molecule has 4 atom stereocenters. The molecule has 2 aliphatic heterocycles. The first-order valence-corrected chi connectivity index (χ1v) is 13.9. The monoisotopic (exact) mass is 610 g/mol. The minimum absolute atomic E-state index is 0.214. The van der Waals surface area contributed by atoms with Gasteiger partial charge in [-0.05, 0) is 38.1 Å². The second kappa shape index (κ2) is 14.1. The predicted octanol–water partition coefficient (Wildman–Crippen LogP) is 0.956. The van der Waals surface area contributed by atoms with Gasteiger partial charge in [0.1, 0.15) is 11.5 Å². The second-order valence-corrected chi connectivity index (χ2v) is 10.3. The van der Waals surface area contributed by atoms with E-state index in [4.69, 9.17) is 18.9 Å². The van der Waals surface area contributed by atoms with Crippen molar-refractivity contribution < 1.29 is 47.7 Å². The van der Waals surface area contributed by atoms with Crippen molar-refractivity contribution in [3.8, 4) is 11.5 Å². The normalized spacial score (nSPS) is 19.2. The molecule has 2 heterocycles. The zero-order valence-electron chi connectivity index (χ0n) is 24.8. The summed E-state index contributed by atoms with van der Waals surface area (Å²) in [6.45, 7) is 4.96. The molecule has 0 bridgehead atoms. The number of rotatable bonds is 11. The third kappa shape index (κ3) is 7.76. The van der Waals surface area contributed by atoms with Crippen molar-refractivity contribution in [3.05, 3.63) is 60.7 Å². The van der Waals surface area contributed by atoms with Gasteiger partial charge in [-0.15, -0.1) is 0 Å². The largest absolute Gasteiger partial charge is 0.437 e. The maximum absolute atomic E-state index is 13.2. The van der Waals surface area contributed by atoms with Crippen molar-refractivity contribution >= 4 is 35.6 Å². The van der Waals surface area contributed by atoms with Gasteiger partial charge in [0.2, 0.25) is 23.6 Å². The van der Waals surface area contributed by atoms with Crippen LogP contribution in [0.4, 0.5) is 0 Å². The average Bonchev–Trinajstić information content (AvgIpc) is 2.96. The molecule has 0 spiro atoms. The first kappa shape index (κ1) is 32.1. The maximum Gasteiger partial charge on any atom is 0.338 e. The molecule has 4 amide bonds. The quantitative estimate of drug-likeness (QED) is 0.202. The number of hydrogen-bond donors (Lipinski definition) is 0. The van der Waals surface area contributed by atoms with Crippen molar-refractivity contribution in [1.82, 2.24) is 19.6 Å². The fraction of sp³-hybridized carbons (Fsp3) is 0.400. The lowest BCUT2D eigenvalue weighted by Gasteiger charge is -2.44. The van der Waals surface area contributed by atoms with Crippen LogP contribution in [0.15, 0.2) is 60.7 Å². The van der Waals surface area contributed by atoms with Gasteiger partial charge in [0.05, 0.1) is 26.2 Å². The first-order valence-electron chi connectivity index (χ1n) is 13.9. The van der Waals surface area contributed by atoms with Gasteiger partial charge in [0.25, 0.3) is 0 Å². The van der Waals surface area contributed by atoms with E-state index in [9.17, 15) is 28.8 Å². The topological polar surface area (TPSA) is 152 Å². The summed E-state index contributed by atoms with van der Waals surface area (Å²) in [6.07, 6.45) is -3.17. The van der Waals surface area contributed by atoms with Crippen LogP contribution in [-0.4, -0.2) is 106 Å². The zero-order valence-corrected chi connectivity index (χ0v) is 24.8. The highest BCUT2D eigenvalue weighted by Gasteiger charge is 2.44. The van der Waals surface area contributed by atoms with Crippen LogP contribution in [-0.2, 0) is 38.2 Å². The highest BCUT2D eigenvalue weighted by Crippen LogP contribution is 2.23. The zero-order chi connectivity index (χ0) is 32.0. The van der Waals surface area contributed by atoms with Crippen LogP contribution in [0.25, 0.3) is 0 Å². The molecule has 14 heteroatoms. The second-order valence-electron chi connectivity index (χ2n) is 10.3. The summed E-state index contributed by atoms with van der Waals surface area (Å²) in [5.41, 5.74) is 0. The van der Waals surface area contributed by atoms with Crippen molar-refractivity contribution in [2.24, 2.45) is 0 Å². The number of para-hydroxylation sites is 2. The molecule has 0 saturated carbocycles. The number of amides is 4. The number of ether oxygens (including phenoxy) is 4. The van der Waals surface area contributed by atoms with Crippen molar-refractivity contribution in [1.29, 1.82) is 0 Å². The van der Waals surface area contributed by atoms with E-state index in [0.717, 1.165) is 23.6 Å². The van der Waals surface area contributed by atoms with E-state index >= 15 is 0 Å². The predicted molar refractivity (Wildman–Crippen MR) is 151 cm³/mol. The Bertz CT molecular complexity index is 1250. The van der Waals surface area contributed by atoms with Crippen LogP contribution in [0.1, 0.15) is 27.7 Å². The van der Waals surface area contributed by atoms with Crippen molar-refractivity contribution in [2.75, 3.05) is 26.2 Å². The molecule has 0 N–H and O–H groups in total. The third-order valence-electron chi connectivity index (χ3n) is 7.19. The Morgan fingerprint density at radius 3 is 1.14 bits per heavy atom. The Morgan fingerprint density at radius 2 is 0.864 bits per heavy atom. The van der Waals surface area contributed by atoms with Crippen LogP contribution in [0, 0.1) is 0 Å². The molecule has 0 aliphatic carbocycles. The minimum atomic E-state index is -1.59. The van der Waals surface area contributed by atoms with Crippen molar-refractivity contribution in [3.63, 3.8) is 0 Å². The van der Waals surface area contributed by atoms with E-state index in [1.165, 1.54) is 0 Å². The summed E-state index contributed by atoms with van der Waals surface area (Å²) in [5, 5.41) is 0. The number of benzene rings is 2. The van der Waals surface area contributed by atoms with Gasteiger partial charge >= 0.3 is 24.8 Å². The highest BCUT2D eigenvalue weighted by molar-refractivity contribution is 6.00. The van der Waals surface area contributed by atoms with Gasteiger partial charge in [-0.1, -0.05) is 36.4 Å². The molecule has 234 valence electrons. The number of nitrogens with zero attached hydrogens (tertiary/aromatic N) is 4. The Kier molecular flexibility index (Phi) is 10.3. The summed E-state index contributed by atoms with van der Waals surface area (Å²) in [7, 11) is 0. The maximum atomic E-state index is 13.2. The summed E-state index contributed by atoms with van der Waals surface area (Å²) >= 11 is 0.